The monoisotopic (exact) mass is 356 g/mol. The van der Waals surface area contributed by atoms with Crippen LogP contribution in [0.3, 0.4) is 0 Å². The van der Waals surface area contributed by atoms with Crippen LogP contribution in [0, 0.1) is 13.8 Å². The number of para-hydroxylation sites is 1. The van der Waals surface area contributed by atoms with Crippen molar-refractivity contribution < 1.29 is 9.21 Å². The Morgan fingerprint density at radius 3 is 2.44 bits per heavy atom. The normalized spacial score (nSPS) is 12.1. The molecule has 2 aromatic heterocycles. The molecule has 4 nitrogen and oxygen atoms in total. The molecule has 0 aliphatic heterocycles. The number of amides is 1. The van der Waals surface area contributed by atoms with Crippen molar-refractivity contribution in [2.45, 2.75) is 19.9 Å². The molecule has 2 aromatic carbocycles. The standard InChI is InChI=1S/C23H20N2O2/c1-15-8-6-12-19-16(2)22(27-21(15)19)23(26)25-20(17-9-4-3-5-10-17)18-11-7-13-24-14-18/h3-14,20H,1-2H3,(H,25,26)/t20-/m1/s1. The molecular formula is C23H20N2O2. The van der Waals surface area contributed by atoms with Crippen LogP contribution in [0.5, 0.6) is 0 Å². The molecule has 0 fully saturated rings. The van der Waals surface area contributed by atoms with Crippen LogP contribution < -0.4 is 5.32 Å². The van der Waals surface area contributed by atoms with E-state index in [0.29, 0.717) is 5.76 Å². The second-order valence-corrected chi connectivity index (χ2v) is 6.61. The molecule has 0 aliphatic rings. The second-order valence-electron chi connectivity index (χ2n) is 6.61. The highest BCUT2D eigenvalue weighted by Crippen LogP contribution is 2.29. The van der Waals surface area contributed by atoms with Gasteiger partial charge in [-0.3, -0.25) is 9.78 Å². The largest absolute Gasteiger partial charge is 0.450 e. The number of pyridine rings is 1. The number of rotatable bonds is 4. The number of benzene rings is 2. The van der Waals surface area contributed by atoms with Crippen molar-refractivity contribution in [2.75, 3.05) is 0 Å². The van der Waals surface area contributed by atoms with Gasteiger partial charge in [-0.25, -0.2) is 0 Å². The maximum absolute atomic E-state index is 13.1. The number of nitrogens with zero attached hydrogens (tertiary/aromatic N) is 1. The van der Waals surface area contributed by atoms with Crippen LogP contribution in [0.25, 0.3) is 11.0 Å². The van der Waals surface area contributed by atoms with Gasteiger partial charge in [0.05, 0.1) is 6.04 Å². The Labute approximate surface area is 157 Å². The Morgan fingerprint density at radius 1 is 0.963 bits per heavy atom. The summed E-state index contributed by atoms with van der Waals surface area (Å²) in [7, 11) is 0. The quantitative estimate of drug-likeness (QED) is 0.562. The Bertz CT molecular complexity index is 1050. The number of nitrogens with one attached hydrogen (secondary N) is 1. The number of furan rings is 1. The molecule has 4 rings (SSSR count). The van der Waals surface area contributed by atoms with Gasteiger partial charge in [-0.15, -0.1) is 0 Å². The Hall–Kier alpha value is -3.40. The lowest BCUT2D eigenvalue weighted by Gasteiger charge is -2.19. The van der Waals surface area contributed by atoms with Crippen molar-refractivity contribution in [3.8, 4) is 0 Å². The van der Waals surface area contributed by atoms with Crippen molar-refractivity contribution in [3.05, 3.63) is 101 Å². The van der Waals surface area contributed by atoms with Gasteiger partial charge in [0, 0.05) is 23.3 Å². The van der Waals surface area contributed by atoms with Crippen molar-refractivity contribution in [2.24, 2.45) is 0 Å². The minimum atomic E-state index is -0.305. The van der Waals surface area contributed by atoms with E-state index in [9.17, 15) is 4.79 Å². The van der Waals surface area contributed by atoms with Gasteiger partial charge in [0.15, 0.2) is 5.76 Å². The predicted octanol–water partition coefficient (Wildman–Crippen LogP) is 4.96. The Kier molecular flexibility index (Phi) is 4.47. The zero-order chi connectivity index (χ0) is 18.8. The SMILES string of the molecule is Cc1c(C(=O)N[C@H](c2ccccc2)c2cccnc2)oc2c(C)cccc12. The first-order valence-corrected chi connectivity index (χ1v) is 8.89. The molecular weight excluding hydrogens is 336 g/mol. The summed E-state index contributed by atoms with van der Waals surface area (Å²) in [5, 5.41) is 4.08. The number of carbonyl (C=O) groups is 1. The molecule has 1 N–H and O–H groups in total. The van der Waals surface area contributed by atoms with Gasteiger partial charge in [0.25, 0.3) is 5.91 Å². The number of hydrogen-bond acceptors (Lipinski definition) is 3. The van der Waals surface area contributed by atoms with Gasteiger partial charge in [0.2, 0.25) is 0 Å². The first kappa shape index (κ1) is 17.0. The molecule has 0 bridgehead atoms. The average molecular weight is 356 g/mol. The van der Waals surface area contributed by atoms with Gasteiger partial charge < -0.3 is 9.73 Å². The molecule has 0 saturated carbocycles. The maximum atomic E-state index is 13.1. The summed E-state index contributed by atoms with van der Waals surface area (Å²) in [6.07, 6.45) is 3.49. The summed E-state index contributed by atoms with van der Waals surface area (Å²) in [6, 6.07) is 19.3. The lowest BCUT2D eigenvalue weighted by molar-refractivity contribution is 0.0916. The fourth-order valence-corrected chi connectivity index (χ4v) is 3.35. The van der Waals surface area contributed by atoms with Gasteiger partial charge in [-0.05, 0) is 36.6 Å². The van der Waals surface area contributed by atoms with E-state index < -0.39 is 0 Å². The van der Waals surface area contributed by atoms with Gasteiger partial charge in [-0.2, -0.15) is 0 Å². The van der Waals surface area contributed by atoms with Crippen molar-refractivity contribution in [1.82, 2.24) is 10.3 Å². The lowest BCUT2D eigenvalue weighted by Crippen LogP contribution is -2.29. The molecule has 1 amide bonds. The summed E-state index contributed by atoms with van der Waals surface area (Å²) in [5.74, 6) is 0.116. The maximum Gasteiger partial charge on any atom is 0.288 e. The summed E-state index contributed by atoms with van der Waals surface area (Å²) in [6.45, 7) is 3.90. The zero-order valence-electron chi connectivity index (χ0n) is 15.3. The molecule has 0 spiro atoms. The van der Waals surface area contributed by atoms with E-state index in [0.717, 1.165) is 33.2 Å². The summed E-state index contributed by atoms with van der Waals surface area (Å²) >= 11 is 0. The lowest BCUT2D eigenvalue weighted by atomic mass is 10.00. The van der Waals surface area contributed by atoms with Crippen LogP contribution in [-0.4, -0.2) is 10.9 Å². The highest BCUT2D eigenvalue weighted by atomic mass is 16.3. The van der Waals surface area contributed by atoms with E-state index in [1.807, 2.05) is 74.5 Å². The number of aryl methyl sites for hydroxylation is 2. The fourth-order valence-electron chi connectivity index (χ4n) is 3.35. The number of hydrogen-bond donors (Lipinski definition) is 1. The molecule has 2 heterocycles. The smallest absolute Gasteiger partial charge is 0.288 e. The van der Waals surface area contributed by atoms with Crippen molar-refractivity contribution >= 4 is 16.9 Å². The zero-order valence-corrected chi connectivity index (χ0v) is 15.3. The van der Waals surface area contributed by atoms with Crippen LogP contribution >= 0.6 is 0 Å². The molecule has 134 valence electrons. The van der Waals surface area contributed by atoms with Gasteiger partial charge in [-0.1, -0.05) is 54.6 Å². The van der Waals surface area contributed by atoms with Crippen LogP contribution in [0.4, 0.5) is 0 Å². The van der Waals surface area contributed by atoms with Crippen LogP contribution in [-0.2, 0) is 0 Å². The minimum absolute atomic E-state index is 0.235. The molecule has 0 unspecified atom stereocenters. The third-order valence-electron chi connectivity index (χ3n) is 4.79. The van der Waals surface area contributed by atoms with Crippen LogP contribution in [0.1, 0.15) is 38.9 Å². The molecule has 0 radical (unpaired) electrons. The fraction of sp³-hybridized carbons (Fsp3) is 0.130. The van der Waals surface area contributed by atoms with Gasteiger partial charge >= 0.3 is 0 Å². The summed E-state index contributed by atoms with van der Waals surface area (Å²) in [5.41, 5.74) is 4.54. The molecule has 27 heavy (non-hydrogen) atoms. The Morgan fingerprint density at radius 2 is 1.74 bits per heavy atom. The molecule has 1 atom stereocenters. The number of aromatic nitrogens is 1. The number of carbonyl (C=O) groups excluding carboxylic acids is 1. The van der Waals surface area contributed by atoms with E-state index in [4.69, 9.17) is 4.42 Å². The average Bonchev–Trinajstić information content (AvgIpc) is 3.05. The Balaban J connectivity index is 1.73. The third-order valence-corrected chi connectivity index (χ3v) is 4.79. The van der Waals surface area contributed by atoms with E-state index in [1.165, 1.54) is 0 Å². The van der Waals surface area contributed by atoms with Crippen LogP contribution in [0.2, 0.25) is 0 Å². The summed E-state index contributed by atoms with van der Waals surface area (Å²) < 4.78 is 5.94. The predicted molar refractivity (Wildman–Crippen MR) is 106 cm³/mol. The molecule has 4 heteroatoms. The highest BCUT2D eigenvalue weighted by molar-refractivity contribution is 5.99. The first-order chi connectivity index (χ1) is 13.1. The second kappa shape index (κ2) is 7.08. The van der Waals surface area contributed by atoms with E-state index in [-0.39, 0.29) is 11.9 Å². The topological polar surface area (TPSA) is 55.1 Å². The van der Waals surface area contributed by atoms with Crippen molar-refractivity contribution in [3.63, 3.8) is 0 Å². The van der Waals surface area contributed by atoms with Gasteiger partial charge in [0.1, 0.15) is 5.58 Å². The van der Waals surface area contributed by atoms with E-state index >= 15 is 0 Å². The molecule has 4 aromatic rings. The van der Waals surface area contributed by atoms with Crippen LogP contribution in [0.15, 0.2) is 77.5 Å². The minimum Gasteiger partial charge on any atom is -0.450 e. The molecule has 0 saturated heterocycles. The number of fused-ring (bicyclic) bond motifs is 1. The summed E-state index contributed by atoms with van der Waals surface area (Å²) in [4.78, 5) is 17.3. The van der Waals surface area contributed by atoms with E-state index in [1.54, 1.807) is 12.4 Å². The first-order valence-electron chi connectivity index (χ1n) is 8.89. The highest BCUT2D eigenvalue weighted by Gasteiger charge is 2.23. The molecule has 0 aliphatic carbocycles. The van der Waals surface area contributed by atoms with E-state index in [2.05, 4.69) is 10.3 Å². The third kappa shape index (κ3) is 3.22. The van der Waals surface area contributed by atoms with Crippen molar-refractivity contribution in [1.29, 1.82) is 0 Å².